The van der Waals surface area contributed by atoms with E-state index in [-0.39, 0.29) is 36.1 Å². The Bertz CT molecular complexity index is 457. The molecule has 0 spiro atoms. The molecule has 0 bridgehead atoms. The van der Waals surface area contributed by atoms with Crippen molar-refractivity contribution < 1.29 is 14.1 Å². The lowest BCUT2D eigenvalue weighted by atomic mass is 9.87. The lowest BCUT2D eigenvalue weighted by molar-refractivity contribution is -0.127. The molecule has 2 amide bonds. The molecular weight excluding hydrogens is 234 g/mol. The van der Waals surface area contributed by atoms with Crippen LogP contribution in [0.2, 0.25) is 0 Å². The van der Waals surface area contributed by atoms with Gasteiger partial charge in [0.25, 0.3) is 5.91 Å². The van der Waals surface area contributed by atoms with Crippen LogP contribution in [0, 0.1) is 0 Å². The molecule has 2 heterocycles. The minimum atomic E-state index is -0.212. The van der Waals surface area contributed by atoms with Crippen LogP contribution in [-0.4, -0.2) is 40.5 Å². The predicted molar refractivity (Wildman–Crippen MR) is 61.7 cm³/mol. The van der Waals surface area contributed by atoms with Crippen molar-refractivity contribution in [2.24, 2.45) is 0 Å². The van der Waals surface area contributed by atoms with Gasteiger partial charge in [-0.3, -0.25) is 9.59 Å². The van der Waals surface area contributed by atoms with Gasteiger partial charge in [0.2, 0.25) is 5.91 Å². The summed E-state index contributed by atoms with van der Waals surface area (Å²) in [4.78, 5) is 25.6. The van der Waals surface area contributed by atoms with Crippen LogP contribution in [0.25, 0.3) is 0 Å². The van der Waals surface area contributed by atoms with Crippen LogP contribution in [0.4, 0.5) is 0 Å². The third-order valence-electron chi connectivity index (χ3n) is 3.71. The molecule has 2 atom stereocenters. The van der Waals surface area contributed by atoms with E-state index in [1.54, 1.807) is 4.90 Å². The molecule has 18 heavy (non-hydrogen) atoms. The fourth-order valence-electron chi connectivity index (χ4n) is 2.87. The van der Waals surface area contributed by atoms with Crippen LogP contribution < -0.4 is 5.32 Å². The summed E-state index contributed by atoms with van der Waals surface area (Å²) in [5.74, 6) is -0.300. The Labute approximate surface area is 104 Å². The highest BCUT2D eigenvalue weighted by Gasteiger charge is 2.39. The van der Waals surface area contributed by atoms with Crippen molar-refractivity contribution in [1.29, 1.82) is 0 Å². The summed E-state index contributed by atoms with van der Waals surface area (Å²) in [5.41, 5.74) is 0.272. The topological polar surface area (TPSA) is 75.4 Å². The average Bonchev–Trinajstić information content (AvgIpc) is 2.90. The smallest absolute Gasteiger partial charge is 0.276 e. The van der Waals surface area contributed by atoms with Crippen LogP contribution in [0.5, 0.6) is 0 Å². The molecule has 0 aromatic carbocycles. The van der Waals surface area contributed by atoms with Gasteiger partial charge in [-0.25, -0.2) is 0 Å². The molecule has 6 nitrogen and oxygen atoms in total. The van der Waals surface area contributed by atoms with Crippen molar-refractivity contribution in [3.05, 3.63) is 18.0 Å². The van der Waals surface area contributed by atoms with Crippen LogP contribution in [0.1, 0.15) is 36.2 Å². The number of rotatable bonds is 1. The summed E-state index contributed by atoms with van der Waals surface area (Å²) in [6, 6.07) is 1.73. The number of nitrogens with one attached hydrogen (secondary N) is 1. The second kappa shape index (κ2) is 4.44. The molecule has 1 aliphatic heterocycles. The first-order valence-electron chi connectivity index (χ1n) is 6.26. The minimum Gasteiger partial charge on any atom is -0.364 e. The number of piperazine rings is 1. The van der Waals surface area contributed by atoms with E-state index in [1.165, 1.54) is 12.3 Å². The van der Waals surface area contributed by atoms with E-state index in [0.29, 0.717) is 0 Å². The second-order valence-electron chi connectivity index (χ2n) is 4.84. The quantitative estimate of drug-likeness (QED) is 0.789. The number of hydrogen-bond donors (Lipinski definition) is 1. The zero-order valence-corrected chi connectivity index (χ0v) is 9.96. The number of carbonyl (C=O) groups excluding carboxylic acids is 2. The molecule has 0 unspecified atom stereocenters. The minimum absolute atomic E-state index is 0.0880. The van der Waals surface area contributed by atoms with Gasteiger partial charge in [-0.1, -0.05) is 18.0 Å². The summed E-state index contributed by atoms with van der Waals surface area (Å²) in [7, 11) is 0. The lowest BCUT2D eigenvalue weighted by Crippen LogP contribution is -2.62. The molecule has 96 valence electrons. The van der Waals surface area contributed by atoms with Crippen molar-refractivity contribution >= 4 is 11.8 Å². The molecular formula is C12H15N3O3. The van der Waals surface area contributed by atoms with E-state index in [2.05, 4.69) is 10.5 Å². The first-order chi connectivity index (χ1) is 8.75. The molecule has 1 N–H and O–H groups in total. The molecule has 1 aliphatic carbocycles. The fourth-order valence-corrected chi connectivity index (χ4v) is 2.87. The normalized spacial score (nSPS) is 27.6. The Kier molecular flexibility index (Phi) is 2.77. The number of aromatic nitrogens is 1. The molecule has 2 fully saturated rings. The third kappa shape index (κ3) is 1.87. The van der Waals surface area contributed by atoms with Gasteiger partial charge in [-0.15, -0.1) is 0 Å². The highest BCUT2D eigenvalue weighted by atomic mass is 16.5. The Morgan fingerprint density at radius 1 is 1.44 bits per heavy atom. The van der Waals surface area contributed by atoms with E-state index in [0.717, 1.165) is 25.7 Å². The molecule has 0 radical (unpaired) electrons. The lowest BCUT2D eigenvalue weighted by Gasteiger charge is -2.43. The summed E-state index contributed by atoms with van der Waals surface area (Å²) >= 11 is 0. The van der Waals surface area contributed by atoms with Crippen LogP contribution in [0.15, 0.2) is 16.9 Å². The molecule has 1 saturated carbocycles. The molecule has 1 aromatic rings. The Balaban J connectivity index is 1.84. The van der Waals surface area contributed by atoms with Gasteiger partial charge < -0.3 is 14.7 Å². The Hall–Kier alpha value is -1.85. The zero-order valence-electron chi connectivity index (χ0n) is 9.96. The number of amides is 2. The summed E-state index contributed by atoms with van der Waals surface area (Å²) in [6.07, 6.45) is 5.45. The maximum Gasteiger partial charge on any atom is 0.276 e. The molecule has 2 aliphatic rings. The monoisotopic (exact) mass is 249 g/mol. The molecule has 1 aromatic heterocycles. The summed E-state index contributed by atoms with van der Waals surface area (Å²) in [5, 5.41) is 6.63. The van der Waals surface area contributed by atoms with Crippen molar-refractivity contribution in [3.63, 3.8) is 0 Å². The van der Waals surface area contributed by atoms with E-state index in [9.17, 15) is 9.59 Å². The summed E-state index contributed by atoms with van der Waals surface area (Å²) in [6.45, 7) is 0.118. The highest BCUT2D eigenvalue weighted by molar-refractivity contribution is 5.95. The van der Waals surface area contributed by atoms with Crippen molar-refractivity contribution in [1.82, 2.24) is 15.4 Å². The molecule has 3 rings (SSSR count). The standard InChI is InChI=1S/C12H15N3O3/c16-11-7-15(12(17)9-5-6-18-14-9)10-4-2-1-3-8(10)13-11/h5-6,8,10H,1-4,7H2,(H,13,16)/t8-,10+/m0/s1. The number of fused-ring (bicyclic) bond motifs is 1. The highest BCUT2D eigenvalue weighted by Crippen LogP contribution is 2.26. The van der Waals surface area contributed by atoms with Crippen molar-refractivity contribution in [2.45, 2.75) is 37.8 Å². The third-order valence-corrected chi connectivity index (χ3v) is 3.71. The van der Waals surface area contributed by atoms with Crippen LogP contribution in [-0.2, 0) is 4.79 Å². The van der Waals surface area contributed by atoms with Gasteiger partial charge >= 0.3 is 0 Å². The van der Waals surface area contributed by atoms with Gasteiger partial charge in [0, 0.05) is 12.1 Å². The van der Waals surface area contributed by atoms with Gasteiger partial charge in [0.15, 0.2) is 5.69 Å². The van der Waals surface area contributed by atoms with Gasteiger partial charge in [-0.05, 0) is 12.8 Å². The zero-order chi connectivity index (χ0) is 12.5. The van der Waals surface area contributed by atoms with Crippen molar-refractivity contribution in [3.8, 4) is 0 Å². The van der Waals surface area contributed by atoms with Gasteiger partial charge in [-0.2, -0.15) is 0 Å². The first-order valence-corrected chi connectivity index (χ1v) is 6.26. The SMILES string of the molecule is O=C1CN(C(=O)c2ccon2)[C@@H]2CCCC[C@@H]2N1. The fraction of sp³-hybridized carbons (Fsp3) is 0.583. The average molecular weight is 249 g/mol. The van der Waals surface area contributed by atoms with E-state index < -0.39 is 0 Å². The second-order valence-corrected chi connectivity index (χ2v) is 4.84. The summed E-state index contributed by atoms with van der Waals surface area (Å²) < 4.78 is 4.69. The van der Waals surface area contributed by atoms with E-state index in [4.69, 9.17) is 4.52 Å². The van der Waals surface area contributed by atoms with Crippen molar-refractivity contribution in [2.75, 3.05) is 6.54 Å². The van der Waals surface area contributed by atoms with E-state index in [1.807, 2.05) is 0 Å². The Morgan fingerprint density at radius 2 is 2.28 bits per heavy atom. The van der Waals surface area contributed by atoms with Gasteiger partial charge in [0.05, 0.1) is 6.04 Å². The molecule has 1 saturated heterocycles. The first kappa shape index (κ1) is 11.3. The number of carbonyl (C=O) groups is 2. The van der Waals surface area contributed by atoms with Crippen LogP contribution in [0.3, 0.4) is 0 Å². The van der Waals surface area contributed by atoms with Crippen LogP contribution >= 0.6 is 0 Å². The number of hydrogen-bond acceptors (Lipinski definition) is 4. The number of nitrogens with zero attached hydrogens (tertiary/aromatic N) is 2. The maximum absolute atomic E-state index is 12.3. The van der Waals surface area contributed by atoms with Gasteiger partial charge in [0.1, 0.15) is 12.8 Å². The largest absolute Gasteiger partial charge is 0.364 e. The molecule has 6 heteroatoms. The maximum atomic E-state index is 12.3. The predicted octanol–water partition coefficient (Wildman–Crippen LogP) is 0.558. The van der Waals surface area contributed by atoms with E-state index >= 15 is 0 Å². The Morgan fingerprint density at radius 3 is 3.06 bits per heavy atom.